The molecule has 2 amide bonds. The summed E-state index contributed by atoms with van der Waals surface area (Å²) in [4.78, 5) is 25.8. The van der Waals surface area contributed by atoms with E-state index in [2.05, 4.69) is 14.9 Å². The molecule has 7 nitrogen and oxygen atoms in total. The van der Waals surface area contributed by atoms with Crippen molar-refractivity contribution in [2.75, 3.05) is 12.3 Å². The molecule has 4 rings (SSSR count). The van der Waals surface area contributed by atoms with Crippen molar-refractivity contribution in [3.05, 3.63) is 59.7 Å². The maximum atomic E-state index is 12.3. The van der Waals surface area contributed by atoms with Crippen LogP contribution in [0.15, 0.2) is 58.2 Å². The first-order valence-corrected chi connectivity index (χ1v) is 9.48. The summed E-state index contributed by atoms with van der Waals surface area (Å²) in [5.41, 5.74) is 1.36. The number of carbonyl (C=O) groups is 2. The van der Waals surface area contributed by atoms with Gasteiger partial charge < -0.3 is 9.15 Å². The Labute approximate surface area is 167 Å². The molecule has 0 atom stereocenters. The number of nitrogens with zero attached hydrogens (tertiary/aromatic N) is 3. The van der Waals surface area contributed by atoms with Gasteiger partial charge in [0.05, 0.1) is 11.1 Å². The molecule has 0 unspecified atom stereocenters. The second kappa shape index (κ2) is 8.00. The maximum Gasteiger partial charge on any atom is 0.387 e. The second-order valence-electron chi connectivity index (χ2n) is 5.93. The number of rotatable bonds is 7. The SMILES string of the molecule is O=C1c2ccccc2C(=O)N1CCSc1nnc(-c2ccc(OC(F)F)cc2)o1. The zero-order chi connectivity index (χ0) is 20.4. The largest absolute Gasteiger partial charge is 0.435 e. The Balaban J connectivity index is 1.35. The average molecular weight is 417 g/mol. The third-order valence-corrected chi connectivity index (χ3v) is 4.95. The third-order valence-electron chi connectivity index (χ3n) is 4.15. The topological polar surface area (TPSA) is 85.5 Å². The molecule has 0 bridgehead atoms. The lowest BCUT2D eigenvalue weighted by Gasteiger charge is -2.12. The molecule has 148 valence electrons. The van der Waals surface area contributed by atoms with Crippen molar-refractivity contribution in [2.24, 2.45) is 0 Å². The Bertz CT molecular complexity index is 1020. The van der Waals surface area contributed by atoms with Crippen LogP contribution < -0.4 is 4.74 Å². The van der Waals surface area contributed by atoms with E-state index in [1.807, 2.05) is 0 Å². The molecule has 1 aliphatic heterocycles. The second-order valence-corrected chi connectivity index (χ2v) is 6.98. The number of ether oxygens (including phenoxy) is 1. The Kier molecular flexibility index (Phi) is 5.26. The van der Waals surface area contributed by atoms with Crippen molar-refractivity contribution < 1.29 is 27.5 Å². The highest BCUT2D eigenvalue weighted by atomic mass is 32.2. The van der Waals surface area contributed by atoms with Gasteiger partial charge in [-0.3, -0.25) is 14.5 Å². The lowest BCUT2D eigenvalue weighted by molar-refractivity contribution is -0.0498. The number of thioether (sulfide) groups is 1. The summed E-state index contributed by atoms with van der Waals surface area (Å²) in [6.45, 7) is -2.69. The summed E-state index contributed by atoms with van der Waals surface area (Å²) in [7, 11) is 0. The number of imide groups is 1. The fraction of sp³-hybridized carbons (Fsp3) is 0.158. The third kappa shape index (κ3) is 3.97. The van der Waals surface area contributed by atoms with Crippen molar-refractivity contribution >= 4 is 23.6 Å². The first-order chi connectivity index (χ1) is 14.0. The van der Waals surface area contributed by atoms with Gasteiger partial charge in [-0.05, 0) is 36.4 Å². The number of fused-ring (bicyclic) bond motifs is 1. The van der Waals surface area contributed by atoms with Crippen molar-refractivity contribution in [2.45, 2.75) is 11.8 Å². The molecular formula is C19H13F2N3O4S. The minimum Gasteiger partial charge on any atom is -0.435 e. The zero-order valence-corrected chi connectivity index (χ0v) is 15.6. The van der Waals surface area contributed by atoms with Gasteiger partial charge in [-0.15, -0.1) is 10.2 Å². The van der Waals surface area contributed by atoms with Crippen LogP contribution in [0.1, 0.15) is 20.7 Å². The van der Waals surface area contributed by atoms with Crippen molar-refractivity contribution in [3.8, 4) is 17.2 Å². The Morgan fingerprint density at radius 2 is 1.66 bits per heavy atom. The fourth-order valence-corrected chi connectivity index (χ4v) is 3.52. The van der Waals surface area contributed by atoms with Crippen LogP contribution in [-0.2, 0) is 0 Å². The molecule has 0 fully saturated rings. The van der Waals surface area contributed by atoms with Crippen LogP contribution >= 0.6 is 11.8 Å². The van der Waals surface area contributed by atoms with E-state index in [9.17, 15) is 18.4 Å². The highest BCUT2D eigenvalue weighted by Crippen LogP contribution is 2.27. The summed E-state index contributed by atoms with van der Waals surface area (Å²) in [5, 5.41) is 8.10. The van der Waals surface area contributed by atoms with E-state index < -0.39 is 6.61 Å². The number of hydrogen-bond acceptors (Lipinski definition) is 7. The fourth-order valence-electron chi connectivity index (χ4n) is 2.83. The number of alkyl halides is 2. The lowest BCUT2D eigenvalue weighted by atomic mass is 10.1. The summed E-state index contributed by atoms with van der Waals surface area (Å²) >= 11 is 1.21. The van der Waals surface area contributed by atoms with E-state index in [0.717, 1.165) is 0 Å². The zero-order valence-electron chi connectivity index (χ0n) is 14.7. The van der Waals surface area contributed by atoms with Crippen LogP contribution in [0.2, 0.25) is 0 Å². The quantitative estimate of drug-likeness (QED) is 0.428. The van der Waals surface area contributed by atoms with Crippen molar-refractivity contribution in [1.29, 1.82) is 0 Å². The van der Waals surface area contributed by atoms with Crippen molar-refractivity contribution in [1.82, 2.24) is 15.1 Å². The number of hydrogen-bond donors (Lipinski definition) is 0. The summed E-state index contributed by atoms with van der Waals surface area (Å²) in [6.07, 6.45) is 0. The number of amides is 2. The van der Waals surface area contributed by atoms with Gasteiger partial charge in [-0.1, -0.05) is 23.9 Å². The molecule has 10 heteroatoms. The van der Waals surface area contributed by atoms with E-state index in [-0.39, 0.29) is 35.2 Å². The molecule has 0 saturated carbocycles. The van der Waals surface area contributed by atoms with Crippen LogP contribution in [0.5, 0.6) is 5.75 Å². The number of carbonyl (C=O) groups excluding carboxylic acids is 2. The standard InChI is InChI=1S/C19H13F2N3O4S/c20-18(21)27-12-7-5-11(6-8-12)15-22-23-19(28-15)29-10-9-24-16(25)13-3-1-2-4-14(13)17(24)26/h1-8,18H,9-10H2. The molecule has 29 heavy (non-hydrogen) atoms. The van der Waals surface area contributed by atoms with E-state index in [1.165, 1.54) is 40.9 Å². The number of benzene rings is 2. The van der Waals surface area contributed by atoms with Crippen LogP contribution in [0.4, 0.5) is 8.78 Å². The van der Waals surface area contributed by atoms with Gasteiger partial charge in [0.1, 0.15) is 5.75 Å². The van der Waals surface area contributed by atoms with Gasteiger partial charge in [-0.2, -0.15) is 8.78 Å². The molecule has 0 saturated heterocycles. The van der Waals surface area contributed by atoms with Gasteiger partial charge in [-0.25, -0.2) is 0 Å². The van der Waals surface area contributed by atoms with Gasteiger partial charge in [0.25, 0.3) is 17.0 Å². The molecule has 0 aliphatic carbocycles. The van der Waals surface area contributed by atoms with E-state index in [4.69, 9.17) is 4.42 Å². The first kappa shape index (κ1) is 19.1. The lowest BCUT2D eigenvalue weighted by Crippen LogP contribution is -2.31. The molecule has 0 N–H and O–H groups in total. The van der Waals surface area contributed by atoms with Gasteiger partial charge in [0.2, 0.25) is 5.89 Å². The normalized spacial score (nSPS) is 13.3. The van der Waals surface area contributed by atoms with E-state index in [1.54, 1.807) is 24.3 Å². The smallest absolute Gasteiger partial charge is 0.387 e. The van der Waals surface area contributed by atoms with Gasteiger partial charge >= 0.3 is 6.61 Å². The Morgan fingerprint density at radius 3 is 2.28 bits per heavy atom. The highest BCUT2D eigenvalue weighted by Gasteiger charge is 2.34. The molecule has 1 aromatic heterocycles. The summed E-state index contributed by atoms with van der Waals surface area (Å²) in [5.74, 6) is -0.00320. The monoisotopic (exact) mass is 417 g/mol. The van der Waals surface area contributed by atoms with Gasteiger partial charge in [0, 0.05) is 17.9 Å². The number of halogens is 2. The Morgan fingerprint density at radius 1 is 1.00 bits per heavy atom. The molecule has 2 aromatic carbocycles. The first-order valence-electron chi connectivity index (χ1n) is 8.49. The molecule has 1 aliphatic rings. The molecule has 3 aromatic rings. The molecule has 0 spiro atoms. The molecule has 0 radical (unpaired) electrons. The van der Waals surface area contributed by atoms with Crippen LogP contribution in [-0.4, -0.2) is 45.8 Å². The van der Waals surface area contributed by atoms with Crippen LogP contribution in [0.25, 0.3) is 11.5 Å². The minimum atomic E-state index is -2.89. The molecule has 2 heterocycles. The van der Waals surface area contributed by atoms with E-state index >= 15 is 0 Å². The highest BCUT2D eigenvalue weighted by molar-refractivity contribution is 7.99. The predicted molar refractivity (Wildman–Crippen MR) is 98.9 cm³/mol. The van der Waals surface area contributed by atoms with Crippen LogP contribution in [0, 0.1) is 0 Å². The van der Waals surface area contributed by atoms with Crippen LogP contribution in [0.3, 0.4) is 0 Å². The van der Waals surface area contributed by atoms with E-state index in [0.29, 0.717) is 22.4 Å². The van der Waals surface area contributed by atoms with Crippen molar-refractivity contribution in [3.63, 3.8) is 0 Å². The summed E-state index contributed by atoms with van der Waals surface area (Å²) in [6, 6.07) is 12.5. The maximum absolute atomic E-state index is 12.3. The minimum absolute atomic E-state index is 0.0267. The van der Waals surface area contributed by atoms with Gasteiger partial charge in [0.15, 0.2) is 0 Å². The average Bonchev–Trinajstić information content (AvgIpc) is 3.27. The summed E-state index contributed by atoms with van der Waals surface area (Å²) < 4.78 is 34.2. The predicted octanol–water partition coefficient (Wildman–Crippen LogP) is 3.73. The number of aromatic nitrogens is 2. The molecular weight excluding hydrogens is 404 g/mol. The Hall–Kier alpha value is -3.27.